The smallest absolute Gasteiger partial charge is 0.269 e. The Hall–Kier alpha value is -3.00. The average Bonchev–Trinajstić information content (AvgIpc) is 2.55. The molecule has 0 bridgehead atoms. The Morgan fingerprint density at radius 1 is 1.25 bits per heavy atom. The molecule has 8 nitrogen and oxygen atoms in total. The minimum atomic E-state index is -0.897. The monoisotopic (exact) mass is 331 g/mol. The molecule has 0 saturated heterocycles. The lowest BCUT2D eigenvalue weighted by Gasteiger charge is -2.13. The van der Waals surface area contributed by atoms with Gasteiger partial charge in [0.25, 0.3) is 11.2 Å². The third-order valence-electron chi connectivity index (χ3n) is 3.35. The van der Waals surface area contributed by atoms with Crippen LogP contribution in [0.1, 0.15) is 5.56 Å². The Labute approximate surface area is 137 Å². The van der Waals surface area contributed by atoms with Crippen molar-refractivity contribution in [3.63, 3.8) is 0 Å². The minimum absolute atomic E-state index is 0.00709. The number of pyridine rings is 1. The summed E-state index contributed by atoms with van der Waals surface area (Å²) >= 11 is 0. The average molecular weight is 331 g/mol. The van der Waals surface area contributed by atoms with Gasteiger partial charge in [-0.3, -0.25) is 19.7 Å². The van der Waals surface area contributed by atoms with Crippen molar-refractivity contribution in [2.24, 2.45) is 0 Å². The van der Waals surface area contributed by atoms with E-state index in [0.717, 1.165) is 0 Å². The number of carbonyl (C=O) groups excluding carboxylic acids is 1. The van der Waals surface area contributed by atoms with Gasteiger partial charge < -0.3 is 15.0 Å². The number of aliphatic hydroxyl groups excluding tert-OH is 1. The van der Waals surface area contributed by atoms with Crippen LogP contribution in [0.25, 0.3) is 0 Å². The summed E-state index contributed by atoms with van der Waals surface area (Å²) < 4.78 is 1.35. The molecule has 2 N–H and O–H groups in total. The quantitative estimate of drug-likeness (QED) is 0.565. The first kappa shape index (κ1) is 17.4. The lowest BCUT2D eigenvalue weighted by molar-refractivity contribution is -0.384. The number of amides is 1. The number of benzene rings is 1. The fourth-order valence-electron chi connectivity index (χ4n) is 2.12. The Morgan fingerprint density at radius 2 is 1.96 bits per heavy atom. The number of nitro groups is 1. The number of nitro benzene ring substituents is 1. The molecule has 1 aromatic heterocycles. The number of aliphatic hydroxyl groups is 1. The van der Waals surface area contributed by atoms with Crippen LogP contribution in [0.3, 0.4) is 0 Å². The first-order valence-corrected chi connectivity index (χ1v) is 7.29. The molecule has 0 aliphatic rings. The van der Waals surface area contributed by atoms with E-state index in [1.165, 1.54) is 34.9 Å². The second-order valence-corrected chi connectivity index (χ2v) is 5.25. The molecule has 1 atom stereocenters. The van der Waals surface area contributed by atoms with Crippen LogP contribution < -0.4 is 10.9 Å². The molecule has 0 radical (unpaired) electrons. The van der Waals surface area contributed by atoms with Crippen molar-refractivity contribution in [2.45, 2.75) is 19.1 Å². The van der Waals surface area contributed by atoms with Gasteiger partial charge in [0.15, 0.2) is 0 Å². The summed E-state index contributed by atoms with van der Waals surface area (Å²) in [5.41, 5.74) is 0.364. The van der Waals surface area contributed by atoms with Gasteiger partial charge in [-0.2, -0.15) is 0 Å². The topological polar surface area (TPSA) is 114 Å². The molecular weight excluding hydrogens is 314 g/mol. The van der Waals surface area contributed by atoms with Crippen LogP contribution in [0.15, 0.2) is 53.5 Å². The number of nitrogens with one attached hydrogen (secondary N) is 1. The van der Waals surface area contributed by atoms with Crippen LogP contribution in [0.4, 0.5) is 5.69 Å². The van der Waals surface area contributed by atoms with Gasteiger partial charge in [0, 0.05) is 30.9 Å². The Balaban J connectivity index is 1.81. The number of carbonyl (C=O) groups is 1. The number of non-ortho nitro benzene ring substituents is 1. The molecule has 1 heterocycles. The summed E-state index contributed by atoms with van der Waals surface area (Å²) in [4.78, 5) is 33.4. The van der Waals surface area contributed by atoms with Gasteiger partial charge in [0.05, 0.1) is 24.0 Å². The minimum Gasteiger partial charge on any atom is -0.389 e. The Morgan fingerprint density at radius 3 is 2.58 bits per heavy atom. The maximum atomic E-state index is 11.8. The van der Waals surface area contributed by atoms with Crippen LogP contribution in [0.2, 0.25) is 0 Å². The highest BCUT2D eigenvalue weighted by atomic mass is 16.6. The van der Waals surface area contributed by atoms with Gasteiger partial charge in [-0.25, -0.2) is 0 Å². The molecule has 1 aromatic carbocycles. The van der Waals surface area contributed by atoms with E-state index >= 15 is 0 Å². The summed E-state index contributed by atoms with van der Waals surface area (Å²) in [6.07, 6.45) is 0.714. The van der Waals surface area contributed by atoms with Gasteiger partial charge in [0.2, 0.25) is 5.91 Å². The fraction of sp³-hybridized carbons (Fsp3) is 0.250. The van der Waals surface area contributed by atoms with E-state index in [1.54, 1.807) is 18.3 Å². The van der Waals surface area contributed by atoms with E-state index < -0.39 is 11.0 Å². The van der Waals surface area contributed by atoms with E-state index in [2.05, 4.69) is 5.32 Å². The van der Waals surface area contributed by atoms with Crippen molar-refractivity contribution in [2.75, 3.05) is 6.54 Å². The van der Waals surface area contributed by atoms with Gasteiger partial charge in [0.1, 0.15) is 0 Å². The number of nitrogens with zero attached hydrogens (tertiary/aromatic N) is 2. The molecule has 8 heteroatoms. The van der Waals surface area contributed by atoms with E-state index in [0.29, 0.717) is 5.56 Å². The van der Waals surface area contributed by atoms with Crippen LogP contribution in [0.5, 0.6) is 0 Å². The number of rotatable bonds is 7. The predicted molar refractivity (Wildman–Crippen MR) is 86.5 cm³/mol. The summed E-state index contributed by atoms with van der Waals surface area (Å²) in [7, 11) is 0. The van der Waals surface area contributed by atoms with Crippen LogP contribution >= 0.6 is 0 Å². The molecule has 0 aliphatic carbocycles. The molecule has 24 heavy (non-hydrogen) atoms. The lowest BCUT2D eigenvalue weighted by Crippen LogP contribution is -2.37. The third kappa shape index (κ3) is 5.03. The van der Waals surface area contributed by atoms with Crippen molar-refractivity contribution < 1.29 is 14.8 Å². The molecule has 0 saturated carbocycles. The Bertz CT molecular complexity index is 770. The van der Waals surface area contributed by atoms with E-state index in [-0.39, 0.29) is 36.7 Å². The zero-order valence-corrected chi connectivity index (χ0v) is 12.8. The van der Waals surface area contributed by atoms with E-state index in [4.69, 9.17) is 0 Å². The maximum absolute atomic E-state index is 11.8. The van der Waals surface area contributed by atoms with Gasteiger partial charge in [-0.15, -0.1) is 0 Å². The van der Waals surface area contributed by atoms with Gasteiger partial charge in [-0.1, -0.05) is 18.2 Å². The SMILES string of the molecule is O=C(Cc1ccc([N+](=O)[O-])cc1)NCC(O)Cn1ccccc1=O. The normalized spacial score (nSPS) is 11.7. The van der Waals surface area contributed by atoms with Crippen molar-refractivity contribution in [1.82, 2.24) is 9.88 Å². The van der Waals surface area contributed by atoms with Crippen molar-refractivity contribution in [1.29, 1.82) is 0 Å². The summed E-state index contributed by atoms with van der Waals surface area (Å²) in [6, 6.07) is 10.4. The lowest BCUT2D eigenvalue weighted by atomic mass is 10.1. The number of hydrogen-bond acceptors (Lipinski definition) is 5. The molecule has 2 rings (SSSR count). The van der Waals surface area contributed by atoms with Crippen LogP contribution in [0, 0.1) is 10.1 Å². The summed E-state index contributed by atoms with van der Waals surface area (Å²) in [6.45, 7) is 0.0879. The van der Waals surface area contributed by atoms with Crippen molar-refractivity contribution in [3.05, 3.63) is 74.7 Å². The molecule has 1 unspecified atom stereocenters. The molecule has 0 spiro atoms. The summed E-state index contributed by atoms with van der Waals surface area (Å²) in [5, 5.41) is 23.0. The fourth-order valence-corrected chi connectivity index (χ4v) is 2.12. The van der Waals surface area contributed by atoms with Gasteiger partial charge >= 0.3 is 0 Å². The highest BCUT2D eigenvalue weighted by Crippen LogP contribution is 2.12. The number of aromatic nitrogens is 1. The largest absolute Gasteiger partial charge is 0.389 e. The van der Waals surface area contributed by atoms with Gasteiger partial charge in [-0.05, 0) is 11.6 Å². The first-order chi connectivity index (χ1) is 11.5. The molecule has 0 fully saturated rings. The predicted octanol–water partition coefficient (Wildman–Crippen LogP) is 0.476. The highest BCUT2D eigenvalue weighted by Gasteiger charge is 2.10. The van der Waals surface area contributed by atoms with E-state index in [9.17, 15) is 24.8 Å². The Kier molecular flexibility index (Phi) is 5.80. The third-order valence-corrected chi connectivity index (χ3v) is 3.35. The first-order valence-electron chi connectivity index (χ1n) is 7.29. The van der Waals surface area contributed by atoms with Crippen molar-refractivity contribution in [3.8, 4) is 0 Å². The van der Waals surface area contributed by atoms with Crippen LogP contribution in [-0.2, 0) is 17.8 Å². The molecule has 1 amide bonds. The standard InChI is InChI=1S/C16H17N3O5/c20-14(11-18-8-2-1-3-16(18)22)10-17-15(21)9-12-4-6-13(7-5-12)19(23)24/h1-8,14,20H,9-11H2,(H,17,21). The van der Waals surface area contributed by atoms with Crippen LogP contribution in [-0.4, -0.2) is 33.2 Å². The molecule has 2 aromatic rings. The molecular formula is C16H17N3O5. The molecule has 126 valence electrons. The maximum Gasteiger partial charge on any atom is 0.269 e. The van der Waals surface area contributed by atoms with E-state index in [1.807, 2.05) is 0 Å². The second-order valence-electron chi connectivity index (χ2n) is 5.25. The van der Waals surface area contributed by atoms with Crippen molar-refractivity contribution >= 4 is 11.6 Å². The summed E-state index contributed by atoms with van der Waals surface area (Å²) in [5.74, 6) is -0.316. The zero-order chi connectivity index (χ0) is 17.5. The highest BCUT2D eigenvalue weighted by molar-refractivity contribution is 5.78. The second kappa shape index (κ2) is 8.02. The zero-order valence-electron chi connectivity index (χ0n) is 12.8. The molecule has 0 aliphatic heterocycles. The number of hydrogen-bond donors (Lipinski definition) is 2.